The Morgan fingerprint density at radius 1 is 1.16 bits per heavy atom. The van der Waals surface area contributed by atoms with Gasteiger partial charge in [-0.1, -0.05) is 6.07 Å². The van der Waals surface area contributed by atoms with Crippen LogP contribution in [0.4, 0.5) is 5.82 Å². The molecule has 5 rings (SSSR count). The van der Waals surface area contributed by atoms with Crippen LogP contribution in [-0.4, -0.2) is 54.1 Å². The van der Waals surface area contributed by atoms with Gasteiger partial charge in [0.1, 0.15) is 23.2 Å². The smallest absolute Gasteiger partial charge is 0.252 e. The summed E-state index contributed by atoms with van der Waals surface area (Å²) in [7, 11) is 1.59. The maximum Gasteiger partial charge on any atom is 0.252 e. The average Bonchev–Trinajstić information content (AvgIpc) is 3.22. The number of pyridine rings is 1. The van der Waals surface area contributed by atoms with Gasteiger partial charge in [-0.15, -0.1) is 11.3 Å². The number of fused-ring (bicyclic) bond motifs is 1. The molecule has 3 heterocycles. The molecule has 2 N–H and O–H groups in total. The van der Waals surface area contributed by atoms with Gasteiger partial charge < -0.3 is 20.3 Å². The van der Waals surface area contributed by atoms with Crippen LogP contribution in [0.2, 0.25) is 0 Å². The van der Waals surface area contributed by atoms with E-state index in [1.165, 1.54) is 0 Å². The lowest BCUT2D eigenvalue weighted by molar-refractivity contribution is -0.131. The molecule has 1 saturated carbocycles. The molecule has 2 amide bonds. The van der Waals surface area contributed by atoms with Crippen molar-refractivity contribution < 1.29 is 14.3 Å². The number of nitrogens with one attached hydrogen (secondary N) is 2. The van der Waals surface area contributed by atoms with E-state index < -0.39 is 0 Å². The average molecular weight is 438 g/mol. The maximum atomic E-state index is 12.5. The Hall–Kier alpha value is -3.20. The molecule has 0 atom stereocenters. The molecule has 9 heteroatoms. The lowest BCUT2D eigenvalue weighted by Crippen LogP contribution is -2.61. The van der Waals surface area contributed by atoms with Gasteiger partial charge in [0.25, 0.3) is 5.91 Å². The van der Waals surface area contributed by atoms with Crippen molar-refractivity contribution in [1.82, 2.24) is 20.6 Å². The van der Waals surface area contributed by atoms with Crippen LogP contribution < -0.4 is 20.3 Å². The number of rotatable bonds is 6. The number of carbonyl (C=O) groups is 2. The van der Waals surface area contributed by atoms with E-state index in [4.69, 9.17) is 4.74 Å². The van der Waals surface area contributed by atoms with Gasteiger partial charge in [0.05, 0.1) is 21.8 Å². The van der Waals surface area contributed by atoms with E-state index >= 15 is 0 Å². The molecule has 2 aromatic heterocycles. The number of ether oxygens (including phenoxy) is 1. The second-order valence-corrected chi connectivity index (χ2v) is 8.84. The first-order chi connectivity index (χ1) is 15.1. The molecule has 0 spiro atoms. The van der Waals surface area contributed by atoms with Gasteiger partial charge in [0, 0.05) is 32.3 Å². The Morgan fingerprint density at radius 3 is 2.74 bits per heavy atom. The third kappa shape index (κ3) is 3.93. The van der Waals surface area contributed by atoms with Gasteiger partial charge in [0.2, 0.25) is 5.91 Å². The predicted molar refractivity (Wildman–Crippen MR) is 119 cm³/mol. The highest BCUT2D eigenvalue weighted by Crippen LogP contribution is 2.35. The number of aromatic nitrogens is 2. The minimum Gasteiger partial charge on any atom is -0.488 e. The Labute approximate surface area is 183 Å². The molecular formula is C22H23N5O3S. The molecule has 0 radical (unpaired) electrons. The fraction of sp³-hybridized carbons (Fsp3) is 0.364. The minimum absolute atomic E-state index is 0.00125. The molecule has 2 aliphatic rings. The van der Waals surface area contributed by atoms with Crippen molar-refractivity contribution >= 4 is 39.2 Å². The summed E-state index contributed by atoms with van der Waals surface area (Å²) in [6.07, 6.45) is 3.08. The Bertz CT molecular complexity index is 1100. The SMILES string of the molecule is CNC(=O)c1ccc(N2CC(NC(=O)C3CC(Oc4cccc5scnc45)C3)C2)nc1. The highest BCUT2D eigenvalue weighted by atomic mass is 32.1. The second-order valence-electron chi connectivity index (χ2n) is 7.96. The third-order valence-electron chi connectivity index (χ3n) is 5.87. The summed E-state index contributed by atoms with van der Waals surface area (Å²) in [6, 6.07) is 9.66. The molecule has 8 nitrogen and oxygen atoms in total. The van der Waals surface area contributed by atoms with E-state index in [9.17, 15) is 9.59 Å². The van der Waals surface area contributed by atoms with Crippen molar-refractivity contribution in [3.8, 4) is 5.75 Å². The summed E-state index contributed by atoms with van der Waals surface area (Å²) >= 11 is 1.60. The van der Waals surface area contributed by atoms with Crippen molar-refractivity contribution in [3.63, 3.8) is 0 Å². The Kier molecular flexibility index (Phi) is 5.19. The number of anilines is 1. The van der Waals surface area contributed by atoms with Crippen molar-refractivity contribution in [2.45, 2.75) is 25.0 Å². The van der Waals surface area contributed by atoms with Crippen LogP contribution in [0.25, 0.3) is 10.2 Å². The number of thiazole rings is 1. The zero-order valence-corrected chi connectivity index (χ0v) is 17.9. The zero-order chi connectivity index (χ0) is 21.4. The summed E-state index contributed by atoms with van der Waals surface area (Å²) < 4.78 is 7.19. The minimum atomic E-state index is -0.154. The first-order valence-electron chi connectivity index (χ1n) is 10.3. The van der Waals surface area contributed by atoms with E-state index in [1.807, 2.05) is 29.8 Å². The predicted octanol–water partition coefficient (Wildman–Crippen LogP) is 2.21. The molecule has 1 aliphatic heterocycles. The largest absolute Gasteiger partial charge is 0.488 e. The molecule has 1 aromatic carbocycles. The second kappa shape index (κ2) is 8.14. The van der Waals surface area contributed by atoms with E-state index in [0.717, 1.165) is 47.7 Å². The number of hydrogen-bond acceptors (Lipinski definition) is 7. The Balaban J connectivity index is 1.07. The fourth-order valence-corrected chi connectivity index (χ4v) is 4.63. The van der Waals surface area contributed by atoms with Gasteiger partial charge in [-0.2, -0.15) is 0 Å². The lowest BCUT2D eigenvalue weighted by Gasteiger charge is -2.42. The van der Waals surface area contributed by atoms with E-state index in [2.05, 4.69) is 25.5 Å². The molecule has 31 heavy (non-hydrogen) atoms. The number of carbonyl (C=O) groups excluding carboxylic acids is 2. The third-order valence-corrected chi connectivity index (χ3v) is 6.67. The van der Waals surface area contributed by atoms with Crippen molar-refractivity contribution in [2.24, 2.45) is 5.92 Å². The molecule has 160 valence electrons. The summed E-state index contributed by atoms with van der Waals surface area (Å²) in [5.74, 6) is 1.55. The molecule has 0 unspecified atom stereocenters. The van der Waals surface area contributed by atoms with Crippen molar-refractivity contribution in [1.29, 1.82) is 0 Å². The van der Waals surface area contributed by atoms with Crippen LogP contribution >= 0.6 is 11.3 Å². The summed E-state index contributed by atoms with van der Waals surface area (Å²) in [4.78, 5) is 34.9. The quantitative estimate of drug-likeness (QED) is 0.614. The topological polar surface area (TPSA) is 96.5 Å². The molecule has 3 aromatic rings. The molecule has 1 aliphatic carbocycles. The number of hydrogen-bond donors (Lipinski definition) is 2. The normalized spacial score (nSPS) is 20.6. The zero-order valence-electron chi connectivity index (χ0n) is 17.1. The number of benzene rings is 1. The number of para-hydroxylation sites is 1. The van der Waals surface area contributed by atoms with Gasteiger partial charge >= 0.3 is 0 Å². The number of amides is 2. The van der Waals surface area contributed by atoms with E-state index in [-0.39, 0.29) is 29.9 Å². The first kappa shape index (κ1) is 19.7. The fourth-order valence-electron chi connectivity index (χ4n) is 3.94. The Morgan fingerprint density at radius 2 is 2.00 bits per heavy atom. The summed E-state index contributed by atoms with van der Waals surface area (Å²) in [5, 5.41) is 5.71. The van der Waals surface area contributed by atoms with E-state index in [1.54, 1.807) is 30.6 Å². The monoisotopic (exact) mass is 437 g/mol. The first-order valence-corrected chi connectivity index (χ1v) is 11.2. The van der Waals surface area contributed by atoms with Gasteiger partial charge in [-0.05, 0) is 37.1 Å². The van der Waals surface area contributed by atoms with Crippen LogP contribution in [0, 0.1) is 5.92 Å². The number of nitrogens with zero attached hydrogens (tertiary/aromatic N) is 3. The van der Waals surface area contributed by atoms with Crippen LogP contribution in [-0.2, 0) is 4.79 Å². The van der Waals surface area contributed by atoms with Crippen molar-refractivity contribution in [3.05, 3.63) is 47.6 Å². The standard InChI is InChI=1S/C22H23N5O3S/c1-23-21(28)13-5-6-19(24-9-13)27-10-15(11-27)26-22(29)14-7-16(8-14)30-17-3-2-4-18-20(17)25-12-31-18/h2-6,9,12,14-16H,7-8,10-11H2,1H3,(H,23,28)(H,26,29). The molecule has 2 fully saturated rings. The van der Waals surface area contributed by atoms with Gasteiger partial charge in [0.15, 0.2) is 0 Å². The van der Waals surface area contributed by atoms with Gasteiger partial charge in [-0.3, -0.25) is 9.59 Å². The highest BCUT2D eigenvalue weighted by molar-refractivity contribution is 7.16. The van der Waals surface area contributed by atoms with E-state index in [0.29, 0.717) is 5.56 Å². The lowest BCUT2D eigenvalue weighted by atomic mass is 9.81. The van der Waals surface area contributed by atoms with Crippen molar-refractivity contribution in [2.75, 3.05) is 25.0 Å². The van der Waals surface area contributed by atoms with Crippen LogP contribution in [0.3, 0.4) is 0 Å². The van der Waals surface area contributed by atoms with Crippen LogP contribution in [0.1, 0.15) is 23.2 Å². The summed E-state index contributed by atoms with van der Waals surface area (Å²) in [5.41, 5.74) is 3.25. The maximum absolute atomic E-state index is 12.5. The van der Waals surface area contributed by atoms with Crippen LogP contribution in [0.15, 0.2) is 42.0 Å². The highest BCUT2D eigenvalue weighted by Gasteiger charge is 2.38. The van der Waals surface area contributed by atoms with Crippen LogP contribution in [0.5, 0.6) is 5.75 Å². The van der Waals surface area contributed by atoms with Gasteiger partial charge in [-0.25, -0.2) is 9.97 Å². The molecule has 0 bridgehead atoms. The molecule has 1 saturated heterocycles. The summed E-state index contributed by atoms with van der Waals surface area (Å²) in [6.45, 7) is 1.44. The molecular weight excluding hydrogens is 414 g/mol.